The minimum atomic E-state index is 0.641. The summed E-state index contributed by atoms with van der Waals surface area (Å²) in [5, 5.41) is 10.7. The summed E-state index contributed by atoms with van der Waals surface area (Å²) in [7, 11) is 2.01. The van der Waals surface area contributed by atoms with Crippen LogP contribution in [0.4, 0.5) is 5.69 Å². The van der Waals surface area contributed by atoms with E-state index < -0.39 is 0 Å². The van der Waals surface area contributed by atoms with Gasteiger partial charge < -0.3 is 14.0 Å². The molecule has 2 aromatic carbocycles. The maximum absolute atomic E-state index is 9.73. The molecule has 0 aliphatic rings. The van der Waals surface area contributed by atoms with Crippen molar-refractivity contribution >= 4 is 28.5 Å². The van der Waals surface area contributed by atoms with Gasteiger partial charge in [0.05, 0.1) is 23.4 Å². The SMILES string of the molecule is CC.CCOc1ccc(-c2c(C#N)c3ccc(NSCC)cc3n2C)cc1. The first kappa shape index (κ1) is 20.7. The molecule has 0 fully saturated rings. The van der Waals surface area contributed by atoms with Gasteiger partial charge in [-0.25, -0.2) is 0 Å². The summed E-state index contributed by atoms with van der Waals surface area (Å²) in [6.07, 6.45) is 0. The van der Waals surface area contributed by atoms with E-state index >= 15 is 0 Å². The number of ether oxygens (including phenoxy) is 1. The Hall–Kier alpha value is -2.58. The molecule has 0 atom stereocenters. The summed E-state index contributed by atoms with van der Waals surface area (Å²) < 4.78 is 10.9. The largest absolute Gasteiger partial charge is 0.494 e. The Bertz CT molecular complexity index is 923. The van der Waals surface area contributed by atoms with Gasteiger partial charge in [-0.2, -0.15) is 5.26 Å². The van der Waals surface area contributed by atoms with Gasteiger partial charge in [-0.1, -0.05) is 32.7 Å². The molecule has 0 aliphatic heterocycles. The summed E-state index contributed by atoms with van der Waals surface area (Å²) >= 11 is 1.66. The van der Waals surface area contributed by atoms with Crippen LogP contribution < -0.4 is 9.46 Å². The highest BCUT2D eigenvalue weighted by molar-refractivity contribution is 8.00. The van der Waals surface area contributed by atoms with Crippen LogP contribution in [0.1, 0.15) is 33.3 Å². The average Bonchev–Trinajstić information content (AvgIpc) is 3.00. The zero-order valence-electron chi connectivity index (χ0n) is 16.7. The molecule has 0 radical (unpaired) electrons. The normalized spacial score (nSPS) is 10.1. The van der Waals surface area contributed by atoms with Crippen molar-refractivity contribution in [1.82, 2.24) is 4.57 Å². The number of aryl methyl sites for hydroxylation is 1. The predicted octanol–water partition coefficient (Wildman–Crippen LogP) is 6.22. The van der Waals surface area contributed by atoms with Gasteiger partial charge >= 0.3 is 0 Å². The lowest BCUT2D eigenvalue weighted by atomic mass is 10.1. The number of rotatable bonds is 6. The van der Waals surface area contributed by atoms with Crippen molar-refractivity contribution in [2.45, 2.75) is 27.7 Å². The number of fused-ring (bicyclic) bond motifs is 1. The molecule has 0 bridgehead atoms. The molecule has 1 aromatic heterocycles. The number of hydrogen-bond acceptors (Lipinski definition) is 4. The van der Waals surface area contributed by atoms with Crippen molar-refractivity contribution in [3.05, 3.63) is 48.0 Å². The number of anilines is 1. The fourth-order valence-electron chi connectivity index (χ4n) is 2.98. The average molecular weight is 382 g/mol. The van der Waals surface area contributed by atoms with Gasteiger partial charge in [0.25, 0.3) is 0 Å². The van der Waals surface area contributed by atoms with Gasteiger partial charge in [-0.3, -0.25) is 0 Å². The van der Waals surface area contributed by atoms with Crippen molar-refractivity contribution in [2.24, 2.45) is 7.05 Å². The standard InChI is InChI=1S/C20H21N3OS.C2H6/c1-4-24-16-9-6-14(7-10-16)20-18(13-21)17-11-8-15(22-25-5-2)12-19(17)23(20)3;1-2/h6-12,22H,4-5H2,1-3H3;1-2H3. The molecule has 3 aromatic rings. The third-order valence-electron chi connectivity index (χ3n) is 4.09. The second-order valence-electron chi connectivity index (χ2n) is 5.62. The first-order valence-corrected chi connectivity index (χ1v) is 10.3. The molecule has 0 amide bonds. The Morgan fingerprint density at radius 1 is 1.11 bits per heavy atom. The second kappa shape index (κ2) is 9.94. The van der Waals surface area contributed by atoms with Crippen LogP contribution in [0.5, 0.6) is 5.75 Å². The molecule has 1 heterocycles. The molecule has 0 spiro atoms. The van der Waals surface area contributed by atoms with Crippen molar-refractivity contribution < 1.29 is 4.74 Å². The molecule has 4 nitrogen and oxygen atoms in total. The molecule has 3 rings (SSSR count). The molecular weight excluding hydrogens is 354 g/mol. The van der Waals surface area contributed by atoms with Crippen molar-refractivity contribution in [2.75, 3.05) is 17.1 Å². The van der Waals surface area contributed by atoms with Crippen LogP contribution in [0.3, 0.4) is 0 Å². The number of nitrogens with zero attached hydrogens (tertiary/aromatic N) is 2. The van der Waals surface area contributed by atoms with Gasteiger partial charge in [0, 0.05) is 23.9 Å². The van der Waals surface area contributed by atoms with E-state index in [2.05, 4.69) is 28.3 Å². The molecule has 5 heteroatoms. The fourth-order valence-corrected chi connectivity index (χ4v) is 3.42. The highest BCUT2D eigenvalue weighted by Gasteiger charge is 2.17. The molecular formula is C22H27N3OS. The summed E-state index contributed by atoms with van der Waals surface area (Å²) in [5.74, 6) is 1.83. The predicted molar refractivity (Wildman–Crippen MR) is 117 cm³/mol. The van der Waals surface area contributed by atoms with Crippen molar-refractivity contribution in [3.8, 4) is 23.1 Å². The van der Waals surface area contributed by atoms with Crippen molar-refractivity contribution in [3.63, 3.8) is 0 Å². The highest BCUT2D eigenvalue weighted by atomic mass is 32.2. The smallest absolute Gasteiger partial charge is 0.119 e. The molecule has 0 aliphatic carbocycles. The Morgan fingerprint density at radius 3 is 2.41 bits per heavy atom. The summed E-state index contributed by atoms with van der Waals surface area (Å²) in [4.78, 5) is 0. The lowest BCUT2D eigenvalue weighted by Crippen LogP contribution is -1.94. The van der Waals surface area contributed by atoms with Crippen LogP contribution in [0.25, 0.3) is 22.2 Å². The number of hydrogen-bond donors (Lipinski definition) is 1. The first-order chi connectivity index (χ1) is 13.2. The molecule has 142 valence electrons. The van der Waals surface area contributed by atoms with E-state index in [-0.39, 0.29) is 0 Å². The maximum Gasteiger partial charge on any atom is 0.119 e. The lowest BCUT2D eigenvalue weighted by Gasteiger charge is -2.08. The Balaban J connectivity index is 0.00000126. The fraction of sp³-hybridized carbons (Fsp3) is 0.318. The quantitative estimate of drug-likeness (QED) is 0.515. The highest BCUT2D eigenvalue weighted by Crippen LogP contribution is 2.34. The molecule has 0 saturated carbocycles. The first-order valence-electron chi connectivity index (χ1n) is 9.33. The Labute approximate surface area is 166 Å². The number of benzene rings is 2. The second-order valence-corrected chi connectivity index (χ2v) is 6.69. The van der Waals surface area contributed by atoms with Gasteiger partial charge in [0.1, 0.15) is 11.8 Å². The molecule has 1 N–H and O–H groups in total. The van der Waals surface area contributed by atoms with Gasteiger partial charge in [-0.05, 0) is 55.0 Å². The lowest BCUT2D eigenvalue weighted by molar-refractivity contribution is 0.340. The molecule has 0 saturated heterocycles. The molecule has 0 unspecified atom stereocenters. The van der Waals surface area contributed by atoms with Crippen LogP contribution in [0.15, 0.2) is 42.5 Å². The zero-order chi connectivity index (χ0) is 19.8. The van der Waals surface area contributed by atoms with E-state index in [4.69, 9.17) is 4.74 Å². The van der Waals surface area contributed by atoms with Crippen molar-refractivity contribution in [1.29, 1.82) is 5.26 Å². The van der Waals surface area contributed by atoms with E-state index in [9.17, 15) is 5.26 Å². The topological polar surface area (TPSA) is 50.0 Å². The van der Waals surface area contributed by atoms with E-state index in [0.29, 0.717) is 12.2 Å². The van der Waals surface area contributed by atoms with Crippen LogP contribution >= 0.6 is 11.9 Å². The summed E-state index contributed by atoms with van der Waals surface area (Å²) in [6.45, 7) is 8.72. The minimum absolute atomic E-state index is 0.641. The maximum atomic E-state index is 9.73. The zero-order valence-corrected chi connectivity index (χ0v) is 17.5. The molecule has 27 heavy (non-hydrogen) atoms. The van der Waals surface area contributed by atoms with E-state index in [0.717, 1.165) is 39.4 Å². The van der Waals surface area contributed by atoms with E-state index in [1.54, 1.807) is 11.9 Å². The number of nitriles is 1. The van der Waals surface area contributed by atoms with Gasteiger partial charge in [-0.15, -0.1) is 0 Å². The van der Waals surface area contributed by atoms with E-state index in [1.807, 2.05) is 64.2 Å². The number of aromatic nitrogens is 1. The van der Waals surface area contributed by atoms with Crippen LogP contribution in [0, 0.1) is 11.3 Å². The van der Waals surface area contributed by atoms with Crippen LogP contribution in [-0.2, 0) is 7.05 Å². The van der Waals surface area contributed by atoms with Gasteiger partial charge in [0.15, 0.2) is 0 Å². The monoisotopic (exact) mass is 381 g/mol. The summed E-state index contributed by atoms with van der Waals surface area (Å²) in [6, 6.07) is 16.4. The van der Waals surface area contributed by atoms with Crippen LogP contribution in [0.2, 0.25) is 0 Å². The summed E-state index contributed by atoms with van der Waals surface area (Å²) in [5.41, 5.74) is 4.73. The third-order valence-corrected chi connectivity index (χ3v) is 4.75. The van der Waals surface area contributed by atoms with Gasteiger partial charge in [0.2, 0.25) is 0 Å². The third kappa shape index (κ3) is 4.40. The Morgan fingerprint density at radius 2 is 1.81 bits per heavy atom. The number of nitrogens with one attached hydrogen (secondary N) is 1. The Kier molecular flexibility index (Phi) is 7.63. The minimum Gasteiger partial charge on any atom is -0.494 e. The van der Waals surface area contributed by atoms with Crippen LogP contribution in [-0.4, -0.2) is 16.9 Å². The van der Waals surface area contributed by atoms with E-state index in [1.165, 1.54) is 0 Å².